The zero-order valence-electron chi connectivity index (χ0n) is 31.1. The molecule has 2 aromatic rings. The summed E-state index contributed by atoms with van der Waals surface area (Å²) in [4.78, 5) is 55.8. The molecule has 0 aliphatic carbocycles. The summed E-state index contributed by atoms with van der Waals surface area (Å²) in [5.74, 6) is -1.10. The predicted molar refractivity (Wildman–Crippen MR) is 191 cm³/mol. The molecule has 2 aromatic carbocycles. The van der Waals surface area contributed by atoms with Crippen molar-refractivity contribution in [1.29, 1.82) is 0 Å². The maximum absolute atomic E-state index is 13.6. The Kier molecular flexibility index (Phi) is 14.5. The van der Waals surface area contributed by atoms with Crippen LogP contribution < -0.4 is 11.5 Å². The van der Waals surface area contributed by atoms with Gasteiger partial charge in [0.2, 0.25) is 11.8 Å². The molecule has 0 aromatic heterocycles. The number of hydrogen-bond acceptors (Lipinski definition) is 9. The number of nitrogens with two attached hydrogens (primary N) is 2. The Labute approximate surface area is 292 Å². The van der Waals surface area contributed by atoms with E-state index in [1.807, 2.05) is 88.4 Å². The summed E-state index contributed by atoms with van der Waals surface area (Å²) in [5.41, 5.74) is 11.3. The number of rotatable bonds is 14. The number of imide groups is 2. The number of amides is 4. The van der Waals surface area contributed by atoms with Crippen molar-refractivity contribution in [1.82, 2.24) is 9.80 Å². The molecule has 272 valence electrons. The Morgan fingerprint density at radius 3 is 1.16 bits per heavy atom. The van der Waals surface area contributed by atoms with Crippen molar-refractivity contribution in [2.75, 3.05) is 26.3 Å². The molecule has 0 spiro atoms. The summed E-state index contributed by atoms with van der Waals surface area (Å²) in [5, 5.41) is 0. The molecule has 4 N–H and O–H groups in total. The minimum absolute atomic E-state index is 0.0134. The third kappa shape index (κ3) is 15.1. The van der Waals surface area contributed by atoms with E-state index in [1.165, 1.54) is 0 Å². The Balaban J connectivity index is 2.16. The van der Waals surface area contributed by atoms with Crippen molar-refractivity contribution in [3.05, 3.63) is 71.8 Å². The first kappa shape index (κ1) is 41.4. The molecular formula is C38H58N4O7. The lowest BCUT2D eigenvalue weighted by Crippen LogP contribution is -2.53. The molecule has 0 radical (unpaired) electrons. The number of benzene rings is 2. The van der Waals surface area contributed by atoms with Gasteiger partial charge in [-0.15, -0.1) is 0 Å². The standard InChI is InChI=1S/C38H58N4O7/c1-35(2,3)48-33(45)41(31(43)29(39)21-27-17-13-11-14-18-27)23-37(7,8)25-47-26-38(9,10)24-42(34(46)49-36(4,5)6)32(44)30(40)22-28-19-15-12-16-20-28/h11-20,29-30H,21-26,39-40H2,1-10H3/t29-,30-/m0/s1. The Morgan fingerprint density at radius 2 is 0.878 bits per heavy atom. The van der Waals surface area contributed by atoms with Crippen molar-refractivity contribution in [3.63, 3.8) is 0 Å². The molecule has 49 heavy (non-hydrogen) atoms. The number of carbonyl (C=O) groups excluding carboxylic acids is 4. The molecule has 2 atom stereocenters. The zero-order valence-corrected chi connectivity index (χ0v) is 31.1. The van der Waals surface area contributed by atoms with Crippen LogP contribution in [0.2, 0.25) is 0 Å². The van der Waals surface area contributed by atoms with Crippen LogP contribution in [0.4, 0.5) is 9.59 Å². The minimum Gasteiger partial charge on any atom is -0.443 e. The lowest BCUT2D eigenvalue weighted by atomic mass is 9.91. The summed E-state index contributed by atoms with van der Waals surface area (Å²) in [6.07, 6.45) is -1.06. The van der Waals surface area contributed by atoms with E-state index in [1.54, 1.807) is 41.5 Å². The SMILES string of the molecule is CC(C)(COCC(C)(C)CN(C(=O)OC(C)(C)C)C(=O)[C@@H](N)Cc1ccccc1)CN(C(=O)OC(C)(C)C)C(=O)[C@@H](N)Cc1ccccc1. The Hall–Kier alpha value is -3.80. The van der Waals surface area contributed by atoms with Crippen molar-refractivity contribution in [2.45, 2.75) is 105 Å². The molecule has 0 saturated carbocycles. The fourth-order valence-corrected chi connectivity index (χ4v) is 4.96. The van der Waals surface area contributed by atoms with Gasteiger partial charge in [0.15, 0.2) is 0 Å². The van der Waals surface area contributed by atoms with Crippen LogP contribution in [-0.4, -0.2) is 83.4 Å². The van der Waals surface area contributed by atoms with E-state index >= 15 is 0 Å². The highest BCUT2D eigenvalue weighted by atomic mass is 16.6. The number of ether oxygens (including phenoxy) is 3. The van der Waals surface area contributed by atoms with Crippen LogP contribution in [0.1, 0.15) is 80.4 Å². The molecule has 0 bridgehead atoms. The second-order valence-corrected chi connectivity index (χ2v) is 16.2. The van der Waals surface area contributed by atoms with Gasteiger partial charge < -0.3 is 25.7 Å². The van der Waals surface area contributed by atoms with Gasteiger partial charge in [-0.1, -0.05) is 88.4 Å². The second-order valence-electron chi connectivity index (χ2n) is 16.2. The van der Waals surface area contributed by atoms with Gasteiger partial charge in [0.1, 0.15) is 11.2 Å². The van der Waals surface area contributed by atoms with E-state index in [9.17, 15) is 19.2 Å². The molecule has 0 saturated heterocycles. The fraction of sp³-hybridized carbons (Fsp3) is 0.579. The molecule has 0 fully saturated rings. The first-order valence-corrected chi connectivity index (χ1v) is 16.7. The van der Waals surface area contributed by atoms with Crippen LogP contribution in [0.5, 0.6) is 0 Å². The van der Waals surface area contributed by atoms with Crippen molar-refractivity contribution in [2.24, 2.45) is 22.3 Å². The second kappa shape index (κ2) is 17.2. The van der Waals surface area contributed by atoms with Crippen LogP contribution >= 0.6 is 0 Å². The normalized spacial score (nSPS) is 13.6. The van der Waals surface area contributed by atoms with E-state index in [0.29, 0.717) is 0 Å². The molecule has 0 heterocycles. The maximum Gasteiger partial charge on any atom is 0.417 e. The Bertz CT molecular complexity index is 1280. The zero-order chi connectivity index (χ0) is 37.2. The van der Waals surface area contributed by atoms with E-state index < -0.39 is 58.1 Å². The van der Waals surface area contributed by atoms with Gasteiger partial charge in [0.05, 0.1) is 25.3 Å². The molecule has 0 unspecified atom stereocenters. The van der Waals surface area contributed by atoms with Gasteiger partial charge >= 0.3 is 12.2 Å². The fourth-order valence-electron chi connectivity index (χ4n) is 4.96. The molecule has 0 aliphatic heterocycles. The van der Waals surface area contributed by atoms with E-state index in [4.69, 9.17) is 25.7 Å². The highest BCUT2D eigenvalue weighted by molar-refractivity contribution is 5.96. The van der Waals surface area contributed by atoms with E-state index in [2.05, 4.69) is 0 Å². The van der Waals surface area contributed by atoms with Crippen LogP contribution in [0, 0.1) is 10.8 Å². The first-order valence-electron chi connectivity index (χ1n) is 16.7. The van der Waals surface area contributed by atoms with Crippen LogP contribution in [-0.2, 0) is 36.6 Å². The average molecular weight is 683 g/mol. The van der Waals surface area contributed by atoms with Gasteiger partial charge in [-0.05, 0) is 65.5 Å². The summed E-state index contributed by atoms with van der Waals surface area (Å²) < 4.78 is 17.3. The molecule has 11 nitrogen and oxygen atoms in total. The summed E-state index contributed by atoms with van der Waals surface area (Å²) in [6.45, 7) is 18.1. The third-order valence-electron chi connectivity index (χ3n) is 7.15. The topological polar surface area (TPSA) is 154 Å². The van der Waals surface area contributed by atoms with Gasteiger partial charge in [0, 0.05) is 23.9 Å². The molecule has 11 heteroatoms. The minimum atomic E-state index is -0.963. The van der Waals surface area contributed by atoms with Gasteiger partial charge in [-0.2, -0.15) is 0 Å². The predicted octanol–water partition coefficient (Wildman–Crippen LogP) is 5.72. The monoisotopic (exact) mass is 682 g/mol. The quantitative estimate of drug-likeness (QED) is 0.255. The molecule has 4 amide bonds. The third-order valence-corrected chi connectivity index (χ3v) is 7.15. The summed E-state index contributed by atoms with van der Waals surface area (Å²) >= 11 is 0. The maximum atomic E-state index is 13.6. The molecule has 2 rings (SSSR count). The number of nitrogens with zero attached hydrogens (tertiary/aromatic N) is 2. The van der Waals surface area contributed by atoms with Crippen molar-refractivity contribution >= 4 is 24.0 Å². The highest BCUT2D eigenvalue weighted by Crippen LogP contribution is 2.25. The van der Waals surface area contributed by atoms with Crippen molar-refractivity contribution in [3.8, 4) is 0 Å². The van der Waals surface area contributed by atoms with Crippen LogP contribution in [0.15, 0.2) is 60.7 Å². The Morgan fingerprint density at radius 1 is 0.571 bits per heavy atom. The molecular weight excluding hydrogens is 624 g/mol. The lowest BCUT2D eigenvalue weighted by molar-refractivity contribution is -0.133. The first-order chi connectivity index (χ1) is 22.5. The lowest BCUT2D eigenvalue weighted by Gasteiger charge is -2.36. The number of carbonyl (C=O) groups is 4. The van der Waals surface area contributed by atoms with E-state index in [0.717, 1.165) is 20.9 Å². The van der Waals surface area contributed by atoms with Crippen LogP contribution in [0.25, 0.3) is 0 Å². The largest absolute Gasteiger partial charge is 0.443 e. The van der Waals surface area contributed by atoms with Gasteiger partial charge in [-0.25, -0.2) is 19.4 Å². The average Bonchev–Trinajstić information content (AvgIpc) is 2.97. The van der Waals surface area contributed by atoms with Crippen LogP contribution in [0.3, 0.4) is 0 Å². The van der Waals surface area contributed by atoms with Gasteiger partial charge in [0.25, 0.3) is 0 Å². The summed E-state index contributed by atoms with van der Waals surface area (Å²) in [6, 6.07) is 16.8. The van der Waals surface area contributed by atoms with E-state index in [-0.39, 0.29) is 39.1 Å². The van der Waals surface area contributed by atoms with Crippen molar-refractivity contribution < 1.29 is 33.4 Å². The smallest absolute Gasteiger partial charge is 0.417 e. The summed E-state index contributed by atoms with van der Waals surface area (Å²) in [7, 11) is 0. The van der Waals surface area contributed by atoms with Gasteiger partial charge in [-0.3, -0.25) is 9.59 Å². The number of hydrogen-bond donors (Lipinski definition) is 2. The highest BCUT2D eigenvalue weighted by Gasteiger charge is 2.38. The molecule has 0 aliphatic rings.